The van der Waals surface area contributed by atoms with E-state index >= 15 is 0 Å². The van der Waals surface area contributed by atoms with E-state index in [1.165, 1.54) is 6.42 Å². The Labute approximate surface area is 228 Å². The van der Waals surface area contributed by atoms with Crippen LogP contribution < -0.4 is 10.6 Å². The maximum Gasteiger partial charge on any atom is 0.217 e. The van der Waals surface area contributed by atoms with Crippen LogP contribution in [0.4, 0.5) is 5.82 Å². The Kier molecular flexibility index (Phi) is 7.61. The van der Waals surface area contributed by atoms with Crippen molar-refractivity contribution in [3.63, 3.8) is 0 Å². The van der Waals surface area contributed by atoms with Crippen LogP contribution in [0.3, 0.4) is 0 Å². The summed E-state index contributed by atoms with van der Waals surface area (Å²) in [6.45, 7) is 9.28. The minimum atomic E-state index is -0.203. The van der Waals surface area contributed by atoms with Gasteiger partial charge in [-0.2, -0.15) is 5.10 Å². The van der Waals surface area contributed by atoms with Crippen LogP contribution in [0, 0.1) is 12.8 Å². The summed E-state index contributed by atoms with van der Waals surface area (Å²) in [4.78, 5) is 26.1. The summed E-state index contributed by atoms with van der Waals surface area (Å²) >= 11 is 12.6. The molecule has 1 aromatic carbocycles. The Balaban J connectivity index is 1.36. The zero-order chi connectivity index (χ0) is 26.3. The van der Waals surface area contributed by atoms with Gasteiger partial charge in [-0.15, -0.1) is 0 Å². The average molecular weight is 545 g/mol. The molecule has 2 aromatic heterocycles. The fourth-order valence-electron chi connectivity index (χ4n) is 6.18. The summed E-state index contributed by atoms with van der Waals surface area (Å²) in [6.07, 6.45) is 6.61. The number of aryl methyl sites for hydroxylation is 1. The minimum absolute atomic E-state index is 0.123. The summed E-state index contributed by atoms with van der Waals surface area (Å²) in [5.41, 5.74) is 8.77. The van der Waals surface area contributed by atoms with Crippen LogP contribution in [-0.2, 0) is 4.79 Å². The number of fused-ring (bicyclic) bond motifs is 1. The Bertz CT molecular complexity index is 1300. The summed E-state index contributed by atoms with van der Waals surface area (Å²) in [6, 6.07) is 6.39. The lowest BCUT2D eigenvalue weighted by atomic mass is 9.91. The van der Waals surface area contributed by atoms with Crippen LogP contribution in [0.2, 0.25) is 10.0 Å². The number of carbonyl (C=O) groups is 1. The van der Waals surface area contributed by atoms with Crippen molar-refractivity contribution in [3.8, 4) is 0 Å². The highest BCUT2D eigenvalue weighted by atomic mass is 35.5. The van der Waals surface area contributed by atoms with Crippen LogP contribution in [0.25, 0.3) is 11.2 Å². The van der Waals surface area contributed by atoms with Crippen LogP contribution >= 0.6 is 23.2 Å². The first-order valence-corrected chi connectivity index (χ1v) is 13.9. The fraction of sp³-hybridized carbons (Fsp3) is 0.556. The Hall–Kier alpha value is -2.42. The predicted octanol–water partition coefficient (Wildman–Crippen LogP) is 5.00. The maximum atomic E-state index is 11.3. The molecule has 37 heavy (non-hydrogen) atoms. The number of aromatic nitrogens is 4. The highest BCUT2D eigenvalue weighted by molar-refractivity contribution is 6.35. The number of carbonyl (C=O) groups excluding carboxylic acids is 1. The number of piperidine rings is 1. The zero-order valence-electron chi connectivity index (χ0n) is 21.7. The van der Waals surface area contributed by atoms with E-state index in [0.717, 1.165) is 67.1 Å². The number of anilines is 1. The lowest BCUT2D eigenvalue weighted by Crippen LogP contribution is -2.52. The summed E-state index contributed by atoms with van der Waals surface area (Å²) in [7, 11) is 0. The molecule has 2 fully saturated rings. The fourth-order valence-corrected chi connectivity index (χ4v) is 6.75. The number of primary amides is 1. The van der Waals surface area contributed by atoms with Crippen molar-refractivity contribution in [3.05, 3.63) is 45.7 Å². The van der Waals surface area contributed by atoms with Crippen molar-refractivity contribution in [1.82, 2.24) is 24.6 Å². The van der Waals surface area contributed by atoms with Gasteiger partial charge in [0.1, 0.15) is 11.3 Å². The number of rotatable bonds is 7. The molecule has 2 aliphatic rings. The first kappa shape index (κ1) is 26.2. The molecule has 4 atom stereocenters. The van der Waals surface area contributed by atoms with Gasteiger partial charge in [-0.3, -0.25) is 9.69 Å². The number of halogens is 2. The molecular weight excluding hydrogens is 509 g/mol. The standard InChI is InChI=1S/C27H35Cl2N7O/c1-16-15-34(12-10-23(16)35-11-4-5-20(35)7-9-24(30)37)25-14-31-26-17(2)33-36(27(26)32-25)18(3)21-8-6-19(28)13-22(21)29/h6,8,13-14,16,18,20,23H,4-5,7,9-12,15H2,1-3H3,(H2,30,37)/t16-,18?,20+,23+/m1/s1. The molecule has 0 spiro atoms. The smallest absolute Gasteiger partial charge is 0.217 e. The maximum absolute atomic E-state index is 11.3. The van der Waals surface area contributed by atoms with E-state index in [4.69, 9.17) is 44.0 Å². The summed E-state index contributed by atoms with van der Waals surface area (Å²) in [5, 5.41) is 5.99. The van der Waals surface area contributed by atoms with E-state index in [2.05, 4.69) is 23.6 Å². The van der Waals surface area contributed by atoms with Gasteiger partial charge < -0.3 is 10.6 Å². The Morgan fingerprint density at radius 1 is 1.24 bits per heavy atom. The van der Waals surface area contributed by atoms with Gasteiger partial charge in [-0.25, -0.2) is 14.6 Å². The number of nitrogens with zero attached hydrogens (tertiary/aromatic N) is 6. The van der Waals surface area contributed by atoms with Crippen LogP contribution in [0.1, 0.15) is 63.3 Å². The first-order valence-electron chi connectivity index (χ1n) is 13.2. The third kappa shape index (κ3) is 5.29. The van der Waals surface area contributed by atoms with Gasteiger partial charge in [-0.1, -0.05) is 36.2 Å². The molecule has 3 aromatic rings. The van der Waals surface area contributed by atoms with Crippen LogP contribution in [-0.4, -0.2) is 62.3 Å². The number of hydrogen-bond acceptors (Lipinski definition) is 6. The Morgan fingerprint density at radius 2 is 2.05 bits per heavy atom. The van der Waals surface area contributed by atoms with Crippen molar-refractivity contribution in [1.29, 1.82) is 0 Å². The second kappa shape index (κ2) is 10.8. The average Bonchev–Trinajstić information content (AvgIpc) is 3.46. The van der Waals surface area contributed by atoms with E-state index in [1.807, 2.05) is 29.9 Å². The third-order valence-corrected chi connectivity index (χ3v) is 8.66. The van der Waals surface area contributed by atoms with Gasteiger partial charge in [0.15, 0.2) is 5.65 Å². The molecule has 1 unspecified atom stereocenters. The van der Waals surface area contributed by atoms with E-state index in [9.17, 15) is 4.79 Å². The highest BCUT2D eigenvalue weighted by Gasteiger charge is 2.37. The molecule has 2 aliphatic heterocycles. The van der Waals surface area contributed by atoms with Crippen molar-refractivity contribution < 1.29 is 4.79 Å². The lowest BCUT2D eigenvalue weighted by Gasteiger charge is -2.43. The van der Waals surface area contributed by atoms with Gasteiger partial charge in [-0.05, 0) is 69.7 Å². The van der Waals surface area contributed by atoms with Gasteiger partial charge in [0.05, 0.1) is 17.9 Å². The van der Waals surface area contributed by atoms with Gasteiger partial charge in [0, 0.05) is 41.6 Å². The zero-order valence-corrected chi connectivity index (χ0v) is 23.2. The quantitative estimate of drug-likeness (QED) is 0.450. The van der Waals surface area contributed by atoms with Gasteiger partial charge in [0.2, 0.25) is 5.91 Å². The number of amides is 1. The molecule has 4 heterocycles. The van der Waals surface area contributed by atoms with Gasteiger partial charge in [0.25, 0.3) is 0 Å². The molecule has 198 valence electrons. The SMILES string of the molecule is Cc1nn(C(C)c2ccc(Cl)cc2Cl)c2nc(N3CC[C@H](N4CCC[C@H]4CCC(N)=O)[C@H](C)C3)cnc12. The monoisotopic (exact) mass is 543 g/mol. The minimum Gasteiger partial charge on any atom is -0.370 e. The number of benzene rings is 1. The van der Waals surface area contributed by atoms with Crippen LogP contribution in [0.15, 0.2) is 24.4 Å². The largest absolute Gasteiger partial charge is 0.370 e. The van der Waals surface area contributed by atoms with Crippen molar-refractivity contribution >= 4 is 46.1 Å². The lowest BCUT2D eigenvalue weighted by molar-refractivity contribution is -0.118. The molecular formula is C27H35Cl2N7O. The Morgan fingerprint density at radius 3 is 2.78 bits per heavy atom. The van der Waals surface area contributed by atoms with E-state index < -0.39 is 0 Å². The second-order valence-electron chi connectivity index (χ2n) is 10.6. The molecule has 0 saturated carbocycles. The molecule has 10 heteroatoms. The van der Waals surface area contributed by atoms with Crippen molar-refractivity contribution in [2.24, 2.45) is 11.7 Å². The molecule has 5 rings (SSSR count). The normalized spacial score (nSPS) is 23.6. The molecule has 2 N–H and O–H groups in total. The number of nitrogens with two attached hydrogens (primary N) is 1. The molecule has 1 amide bonds. The van der Waals surface area contributed by atoms with Crippen molar-refractivity contribution in [2.45, 2.75) is 71.0 Å². The molecule has 2 saturated heterocycles. The third-order valence-electron chi connectivity index (χ3n) is 8.09. The van der Waals surface area contributed by atoms with E-state index in [-0.39, 0.29) is 11.9 Å². The first-order chi connectivity index (χ1) is 17.7. The molecule has 0 radical (unpaired) electrons. The molecule has 8 nitrogen and oxygen atoms in total. The molecule has 0 aliphatic carbocycles. The number of hydrogen-bond donors (Lipinski definition) is 1. The number of likely N-dealkylation sites (tertiary alicyclic amines) is 1. The highest BCUT2D eigenvalue weighted by Crippen LogP contribution is 2.34. The topological polar surface area (TPSA) is 93.2 Å². The summed E-state index contributed by atoms with van der Waals surface area (Å²) < 4.78 is 1.92. The second-order valence-corrected chi connectivity index (χ2v) is 11.4. The summed E-state index contributed by atoms with van der Waals surface area (Å²) in [5.74, 6) is 1.14. The van der Waals surface area contributed by atoms with E-state index in [1.54, 1.807) is 6.07 Å². The molecule has 0 bridgehead atoms. The van der Waals surface area contributed by atoms with E-state index in [0.29, 0.717) is 34.5 Å². The van der Waals surface area contributed by atoms with Gasteiger partial charge >= 0.3 is 0 Å². The van der Waals surface area contributed by atoms with Crippen molar-refractivity contribution in [2.75, 3.05) is 24.5 Å². The van der Waals surface area contributed by atoms with Crippen LogP contribution in [0.5, 0.6) is 0 Å². The predicted molar refractivity (Wildman–Crippen MR) is 148 cm³/mol.